The van der Waals surface area contributed by atoms with Gasteiger partial charge >= 0.3 is 5.69 Å². The largest absolute Gasteiger partial charge is 0.488 e. The summed E-state index contributed by atoms with van der Waals surface area (Å²) in [6.45, 7) is 1.19. The van der Waals surface area contributed by atoms with E-state index < -0.39 is 11.8 Å². The number of ether oxygens (including phenoxy) is 1. The highest BCUT2D eigenvalue weighted by molar-refractivity contribution is 7.12. The number of aromatic nitrogens is 4. The smallest absolute Gasteiger partial charge is 0.343 e. The van der Waals surface area contributed by atoms with E-state index in [9.17, 15) is 13.6 Å². The average molecular weight is 444 g/mol. The van der Waals surface area contributed by atoms with E-state index in [1.54, 1.807) is 6.20 Å². The van der Waals surface area contributed by atoms with Crippen molar-refractivity contribution in [3.8, 4) is 17.6 Å². The molecule has 11 heteroatoms. The topological polar surface area (TPSA) is 111 Å². The molecule has 4 rings (SSSR count). The fourth-order valence-corrected chi connectivity index (χ4v) is 3.81. The summed E-state index contributed by atoms with van der Waals surface area (Å²) in [4.78, 5) is 18.0. The Morgan fingerprint density at radius 3 is 3.03 bits per heavy atom. The Kier molecular flexibility index (Phi) is 6.11. The van der Waals surface area contributed by atoms with Gasteiger partial charge in [-0.3, -0.25) is 4.57 Å². The first-order chi connectivity index (χ1) is 15.0. The molecule has 0 unspecified atom stereocenters. The number of halogens is 2. The van der Waals surface area contributed by atoms with E-state index in [1.807, 2.05) is 18.2 Å². The third-order valence-corrected chi connectivity index (χ3v) is 5.52. The Morgan fingerprint density at radius 1 is 1.35 bits per heavy atom. The summed E-state index contributed by atoms with van der Waals surface area (Å²) in [6.07, 6.45) is -0.375. The van der Waals surface area contributed by atoms with Gasteiger partial charge in [0.25, 0.3) is 6.08 Å². The Balaban J connectivity index is 1.50. The maximum atomic E-state index is 12.9. The molecule has 0 saturated carbocycles. The number of fused-ring (bicyclic) bond motifs is 1. The molecule has 0 atom stereocenters. The Labute approximate surface area is 179 Å². The van der Waals surface area contributed by atoms with Gasteiger partial charge in [0.1, 0.15) is 12.4 Å². The maximum Gasteiger partial charge on any atom is 0.343 e. The van der Waals surface area contributed by atoms with Gasteiger partial charge in [0, 0.05) is 41.2 Å². The van der Waals surface area contributed by atoms with Crippen LogP contribution in [0.5, 0.6) is 5.75 Å². The molecular weight excluding hydrogens is 426 g/mol. The van der Waals surface area contributed by atoms with E-state index in [0.29, 0.717) is 18.2 Å². The van der Waals surface area contributed by atoms with Gasteiger partial charge in [0.15, 0.2) is 11.6 Å². The lowest BCUT2D eigenvalue weighted by molar-refractivity contribution is 0.321. The monoisotopic (exact) mass is 444 g/mol. The number of H-pyrrole nitrogens is 1. The van der Waals surface area contributed by atoms with Crippen LogP contribution < -0.4 is 21.5 Å². The van der Waals surface area contributed by atoms with Crippen LogP contribution in [0.1, 0.15) is 21.1 Å². The minimum Gasteiger partial charge on any atom is -0.488 e. The highest BCUT2D eigenvalue weighted by Gasteiger charge is 2.14. The lowest BCUT2D eigenvalue weighted by Crippen LogP contribution is -2.20. The molecule has 0 spiro atoms. The molecular formula is C20H18F2N6O2S. The molecule has 0 radical (unpaired) electrons. The van der Waals surface area contributed by atoms with Crippen molar-refractivity contribution in [1.82, 2.24) is 19.7 Å². The minimum absolute atomic E-state index is 0.197. The molecule has 0 bridgehead atoms. The number of rotatable bonds is 5. The fourth-order valence-electron chi connectivity index (χ4n) is 2.96. The van der Waals surface area contributed by atoms with Gasteiger partial charge in [-0.1, -0.05) is 11.8 Å². The zero-order valence-electron chi connectivity index (χ0n) is 16.2. The summed E-state index contributed by atoms with van der Waals surface area (Å²) < 4.78 is 32.7. The number of nitrogens with two attached hydrogens (primary N) is 1. The summed E-state index contributed by atoms with van der Waals surface area (Å²) in [5.41, 5.74) is 5.36. The highest BCUT2D eigenvalue weighted by atomic mass is 32.1. The van der Waals surface area contributed by atoms with E-state index >= 15 is 0 Å². The van der Waals surface area contributed by atoms with Gasteiger partial charge in [-0.05, 0) is 12.1 Å². The molecule has 160 valence electrons. The summed E-state index contributed by atoms with van der Waals surface area (Å²) >= 11 is 1.40. The molecule has 8 nitrogen and oxygen atoms in total. The fraction of sp³-hybridized carbons (Fsp3) is 0.250. The number of anilines is 1. The van der Waals surface area contributed by atoms with Crippen molar-refractivity contribution in [2.45, 2.75) is 13.0 Å². The molecule has 0 amide bonds. The number of aromatic amines is 1. The third-order valence-electron chi connectivity index (χ3n) is 4.53. The number of hydrogen-bond acceptors (Lipinski definition) is 7. The molecule has 0 fully saturated rings. The van der Waals surface area contributed by atoms with E-state index in [4.69, 9.17) is 10.5 Å². The molecule has 1 aliphatic heterocycles. The summed E-state index contributed by atoms with van der Waals surface area (Å²) in [5, 5.41) is 9.31. The molecule has 0 aliphatic carbocycles. The Morgan fingerprint density at radius 2 is 2.23 bits per heavy atom. The second kappa shape index (κ2) is 9.11. The van der Waals surface area contributed by atoms with Crippen molar-refractivity contribution < 1.29 is 13.5 Å². The Bertz CT molecular complexity index is 1250. The molecule has 31 heavy (non-hydrogen) atoms. The van der Waals surface area contributed by atoms with Crippen LogP contribution in [0.2, 0.25) is 0 Å². The van der Waals surface area contributed by atoms with Crippen molar-refractivity contribution in [1.29, 1.82) is 0 Å². The average Bonchev–Trinajstić information content (AvgIpc) is 3.37. The van der Waals surface area contributed by atoms with Crippen molar-refractivity contribution in [2.75, 3.05) is 25.0 Å². The summed E-state index contributed by atoms with van der Waals surface area (Å²) in [5.74, 6) is 7.70. The van der Waals surface area contributed by atoms with Gasteiger partial charge in [-0.2, -0.15) is 13.9 Å². The van der Waals surface area contributed by atoms with Gasteiger partial charge in [-0.15, -0.1) is 11.3 Å². The first-order valence-electron chi connectivity index (χ1n) is 9.38. The Hall–Kier alpha value is -3.49. The summed E-state index contributed by atoms with van der Waals surface area (Å²) in [6, 6.07) is 5.51. The van der Waals surface area contributed by atoms with E-state index in [1.165, 1.54) is 15.9 Å². The quantitative estimate of drug-likeness (QED) is 0.519. The van der Waals surface area contributed by atoms with Gasteiger partial charge in [-0.25, -0.2) is 14.9 Å². The molecule has 4 heterocycles. The lowest BCUT2D eigenvalue weighted by atomic mass is 10.2. The van der Waals surface area contributed by atoms with Crippen LogP contribution in [0.25, 0.3) is 0 Å². The number of pyridine rings is 1. The van der Waals surface area contributed by atoms with Crippen molar-refractivity contribution >= 4 is 17.2 Å². The molecule has 0 saturated heterocycles. The molecule has 3 aromatic heterocycles. The lowest BCUT2D eigenvalue weighted by Gasteiger charge is -2.17. The first-order valence-corrected chi connectivity index (χ1v) is 10.2. The number of nitrogens with one attached hydrogen (secondary N) is 2. The molecule has 1 aliphatic rings. The van der Waals surface area contributed by atoms with Crippen molar-refractivity contribution in [3.63, 3.8) is 0 Å². The predicted octanol–water partition coefficient (Wildman–Crippen LogP) is 1.93. The van der Waals surface area contributed by atoms with Crippen LogP contribution in [0.4, 0.5) is 14.6 Å². The normalized spacial score (nSPS) is 12.2. The van der Waals surface area contributed by atoms with Crippen molar-refractivity contribution in [2.24, 2.45) is 5.73 Å². The molecule has 0 aromatic carbocycles. The second-order valence-corrected chi connectivity index (χ2v) is 7.81. The second-order valence-electron chi connectivity index (χ2n) is 6.64. The minimum atomic E-state index is -1.85. The maximum absolute atomic E-state index is 12.9. The van der Waals surface area contributed by atoms with E-state index in [-0.39, 0.29) is 30.9 Å². The standard InChI is InChI=1S/C20H18F2N6O2S/c21-18(22)13(9-23)8-17-26-27-20(29)28(17)11-15-4-3-14(31-15)2-1-12-7-16-19(25-10-12)24-5-6-30-16/h3-4,7,10H,5-6,8-9,11,23H2,(H,24,25)(H,27,29). The highest BCUT2D eigenvalue weighted by Crippen LogP contribution is 2.25. The summed E-state index contributed by atoms with van der Waals surface area (Å²) in [7, 11) is 0. The van der Waals surface area contributed by atoms with E-state index in [2.05, 4.69) is 32.3 Å². The number of hydrogen-bond donors (Lipinski definition) is 3. The van der Waals surface area contributed by atoms with E-state index in [0.717, 1.165) is 21.9 Å². The van der Waals surface area contributed by atoms with Crippen LogP contribution >= 0.6 is 11.3 Å². The third kappa shape index (κ3) is 4.82. The molecule has 4 N–H and O–H groups in total. The van der Waals surface area contributed by atoms with Crippen LogP contribution in [-0.2, 0) is 13.0 Å². The van der Waals surface area contributed by atoms with Gasteiger partial charge in [0.05, 0.1) is 18.0 Å². The van der Waals surface area contributed by atoms with Gasteiger partial charge in [0.2, 0.25) is 0 Å². The first kappa shape index (κ1) is 20.8. The predicted molar refractivity (Wildman–Crippen MR) is 112 cm³/mol. The number of thiophene rings is 1. The zero-order chi connectivity index (χ0) is 21.8. The van der Waals surface area contributed by atoms with Crippen LogP contribution in [0.3, 0.4) is 0 Å². The zero-order valence-corrected chi connectivity index (χ0v) is 17.1. The van der Waals surface area contributed by atoms with Crippen LogP contribution in [0.15, 0.2) is 40.8 Å². The molecule has 3 aromatic rings. The van der Waals surface area contributed by atoms with Crippen molar-refractivity contribution in [3.05, 3.63) is 67.7 Å². The van der Waals surface area contributed by atoms with Crippen LogP contribution in [-0.4, -0.2) is 39.4 Å². The van der Waals surface area contributed by atoms with Crippen LogP contribution in [0, 0.1) is 11.8 Å². The number of nitrogens with zero attached hydrogens (tertiary/aromatic N) is 3. The van der Waals surface area contributed by atoms with Gasteiger partial charge < -0.3 is 15.8 Å². The SMILES string of the molecule is NCC(Cc1n[nH]c(=O)n1Cc1ccc(C#Cc2cnc3c(c2)OCCN3)s1)=C(F)F.